The van der Waals surface area contributed by atoms with Crippen molar-refractivity contribution in [1.82, 2.24) is 0 Å². The molecule has 0 radical (unpaired) electrons. The fraction of sp³-hybridized carbons (Fsp3) is 0.455. The van der Waals surface area contributed by atoms with Crippen molar-refractivity contribution in [3.63, 3.8) is 0 Å². The van der Waals surface area contributed by atoms with Crippen molar-refractivity contribution in [2.45, 2.75) is 32.2 Å². The summed E-state index contributed by atoms with van der Waals surface area (Å²) in [4.78, 5) is 0. The second kappa shape index (κ2) is 3.79. The van der Waals surface area contributed by atoms with Crippen LogP contribution in [0.5, 0.6) is 5.75 Å². The van der Waals surface area contributed by atoms with Crippen LogP contribution in [0.3, 0.4) is 0 Å². The molecule has 0 heterocycles. The molecule has 2 heteroatoms. The van der Waals surface area contributed by atoms with Crippen molar-refractivity contribution >= 4 is 0 Å². The van der Waals surface area contributed by atoms with Crippen LogP contribution in [0.25, 0.3) is 0 Å². The first-order valence-corrected chi connectivity index (χ1v) is 4.61. The first kappa shape index (κ1) is 10.1. The zero-order chi connectivity index (χ0) is 9.90. The van der Waals surface area contributed by atoms with Gasteiger partial charge in [-0.3, -0.25) is 0 Å². The summed E-state index contributed by atoms with van der Waals surface area (Å²) in [6, 6.07) is 7.34. The predicted octanol–water partition coefficient (Wildman–Crippen LogP) is 2.06. The Labute approximate surface area is 79.4 Å². The van der Waals surface area contributed by atoms with Crippen molar-refractivity contribution in [2.24, 2.45) is 5.73 Å². The highest BCUT2D eigenvalue weighted by Gasteiger charge is 2.17. The lowest BCUT2D eigenvalue weighted by Gasteiger charge is -2.22. The lowest BCUT2D eigenvalue weighted by atomic mass is 9.91. The Kier molecular flexibility index (Phi) is 2.94. The van der Waals surface area contributed by atoms with Crippen LogP contribution in [0.1, 0.15) is 25.8 Å². The molecule has 0 fully saturated rings. The van der Waals surface area contributed by atoms with E-state index in [-0.39, 0.29) is 5.54 Å². The maximum absolute atomic E-state index is 9.51. The van der Waals surface area contributed by atoms with Gasteiger partial charge in [0.2, 0.25) is 0 Å². The molecule has 0 saturated carbocycles. The molecule has 1 aromatic carbocycles. The topological polar surface area (TPSA) is 46.2 Å². The molecule has 0 aliphatic heterocycles. The van der Waals surface area contributed by atoms with Crippen LogP contribution in [-0.2, 0) is 6.42 Å². The monoisotopic (exact) mass is 179 g/mol. The quantitative estimate of drug-likeness (QED) is 0.746. The van der Waals surface area contributed by atoms with Crippen LogP contribution in [0.4, 0.5) is 0 Å². The average Bonchev–Trinajstić information content (AvgIpc) is 2.09. The fourth-order valence-electron chi connectivity index (χ4n) is 1.22. The fourth-order valence-corrected chi connectivity index (χ4v) is 1.22. The molecular formula is C11H17NO. The van der Waals surface area contributed by atoms with Crippen LogP contribution >= 0.6 is 0 Å². The van der Waals surface area contributed by atoms with Crippen LogP contribution < -0.4 is 5.73 Å². The van der Waals surface area contributed by atoms with Crippen molar-refractivity contribution < 1.29 is 5.11 Å². The van der Waals surface area contributed by atoms with E-state index < -0.39 is 0 Å². The Balaban J connectivity index is 2.80. The van der Waals surface area contributed by atoms with Crippen LogP contribution in [0, 0.1) is 0 Å². The smallest absolute Gasteiger partial charge is 0.118 e. The Morgan fingerprint density at radius 2 is 2.00 bits per heavy atom. The summed E-state index contributed by atoms with van der Waals surface area (Å²) < 4.78 is 0. The third-order valence-corrected chi connectivity index (χ3v) is 2.39. The maximum Gasteiger partial charge on any atom is 0.118 e. The van der Waals surface area contributed by atoms with Gasteiger partial charge in [-0.15, -0.1) is 0 Å². The molecular weight excluding hydrogens is 162 g/mol. The SMILES string of the molecule is CC[C@@](C)(N)Cc1ccccc1O. The van der Waals surface area contributed by atoms with Gasteiger partial charge in [0.05, 0.1) is 0 Å². The van der Waals surface area contributed by atoms with Crippen LogP contribution in [0.2, 0.25) is 0 Å². The minimum absolute atomic E-state index is 0.223. The maximum atomic E-state index is 9.51. The molecule has 2 nitrogen and oxygen atoms in total. The third-order valence-electron chi connectivity index (χ3n) is 2.39. The summed E-state index contributed by atoms with van der Waals surface area (Å²) >= 11 is 0. The van der Waals surface area contributed by atoms with Gasteiger partial charge < -0.3 is 10.8 Å². The molecule has 3 N–H and O–H groups in total. The summed E-state index contributed by atoms with van der Waals surface area (Å²) in [5.74, 6) is 0.340. The van der Waals surface area contributed by atoms with E-state index in [1.54, 1.807) is 6.07 Å². The minimum atomic E-state index is -0.223. The molecule has 1 atom stereocenters. The van der Waals surface area contributed by atoms with Crippen LogP contribution in [-0.4, -0.2) is 10.6 Å². The van der Waals surface area contributed by atoms with Gasteiger partial charge in [-0.25, -0.2) is 0 Å². The highest BCUT2D eigenvalue weighted by atomic mass is 16.3. The van der Waals surface area contributed by atoms with Crippen molar-refractivity contribution in [2.75, 3.05) is 0 Å². The highest BCUT2D eigenvalue weighted by Crippen LogP contribution is 2.21. The summed E-state index contributed by atoms with van der Waals surface area (Å²) in [5.41, 5.74) is 6.71. The number of nitrogens with two attached hydrogens (primary N) is 1. The number of phenols is 1. The first-order valence-electron chi connectivity index (χ1n) is 4.61. The molecule has 0 aliphatic carbocycles. The average molecular weight is 179 g/mol. The van der Waals surface area contributed by atoms with E-state index in [1.807, 2.05) is 25.1 Å². The summed E-state index contributed by atoms with van der Waals surface area (Å²) in [6.07, 6.45) is 1.62. The summed E-state index contributed by atoms with van der Waals surface area (Å²) in [7, 11) is 0. The van der Waals surface area contributed by atoms with E-state index >= 15 is 0 Å². The molecule has 0 amide bonds. The Bertz CT molecular complexity index is 281. The molecule has 1 rings (SSSR count). The van der Waals surface area contributed by atoms with Gasteiger partial charge >= 0.3 is 0 Å². The van der Waals surface area contributed by atoms with E-state index in [9.17, 15) is 5.11 Å². The van der Waals surface area contributed by atoms with Gasteiger partial charge in [0.25, 0.3) is 0 Å². The van der Waals surface area contributed by atoms with Gasteiger partial charge in [0, 0.05) is 5.54 Å². The minimum Gasteiger partial charge on any atom is -0.508 e. The number of para-hydroxylation sites is 1. The standard InChI is InChI=1S/C11H17NO/c1-3-11(2,12)8-9-6-4-5-7-10(9)13/h4-7,13H,3,8,12H2,1-2H3/t11-/m1/s1. The van der Waals surface area contributed by atoms with Crippen LogP contribution in [0.15, 0.2) is 24.3 Å². The molecule has 13 heavy (non-hydrogen) atoms. The second-order valence-electron chi connectivity index (χ2n) is 3.81. The number of rotatable bonds is 3. The normalized spacial score (nSPS) is 15.3. The molecule has 0 spiro atoms. The lowest BCUT2D eigenvalue weighted by Crippen LogP contribution is -2.37. The van der Waals surface area contributed by atoms with E-state index in [2.05, 4.69) is 6.92 Å². The van der Waals surface area contributed by atoms with E-state index in [4.69, 9.17) is 5.73 Å². The van der Waals surface area contributed by atoms with E-state index in [0.717, 1.165) is 18.4 Å². The van der Waals surface area contributed by atoms with Crippen molar-refractivity contribution in [1.29, 1.82) is 0 Å². The number of phenolic OH excluding ortho intramolecular Hbond substituents is 1. The predicted molar refractivity (Wildman–Crippen MR) is 54.7 cm³/mol. The van der Waals surface area contributed by atoms with Gasteiger partial charge in [0.1, 0.15) is 5.75 Å². The molecule has 0 bridgehead atoms. The van der Waals surface area contributed by atoms with E-state index in [0.29, 0.717) is 5.75 Å². The van der Waals surface area contributed by atoms with Crippen molar-refractivity contribution in [3.05, 3.63) is 29.8 Å². The first-order chi connectivity index (χ1) is 6.05. The molecule has 1 aromatic rings. The van der Waals surface area contributed by atoms with E-state index in [1.165, 1.54) is 0 Å². The zero-order valence-corrected chi connectivity index (χ0v) is 8.25. The molecule has 72 valence electrons. The van der Waals surface area contributed by atoms with Gasteiger partial charge in [-0.1, -0.05) is 25.1 Å². The largest absolute Gasteiger partial charge is 0.508 e. The third kappa shape index (κ3) is 2.74. The van der Waals surface area contributed by atoms with Gasteiger partial charge in [0.15, 0.2) is 0 Å². The summed E-state index contributed by atoms with van der Waals surface area (Å²) in [5, 5.41) is 9.51. The number of benzene rings is 1. The Hall–Kier alpha value is -1.02. The number of hydrogen-bond acceptors (Lipinski definition) is 2. The number of hydrogen-bond donors (Lipinski definition) is 2. The highest BCUT2D eigenvalue weighted by molar-refractivity contribution is 5.33. The zero-order valence-electron chi connectivity index (χ0n) is 8.25. The lowest BCUT2D eigenvalue weighted by molar-refractivity contribution is 0.424. The second-order valence-corrected chi connectivity index (χ2v) is 3.81. The number of aromatic hydroxyl groups is 1. The summed E-state index contributed by atoms with van der Waals surface area (Å²) in [6.45, 7) is 4.05. The molecule has 0 unspecified atom stereocenters. The van der Waals surface area contributed by atoms with Gasteiger partial charge in [-0.05, 0) is 31.4 Å². The van der Waals surface area contributed by atoms with Gasteiger partial charge in [-0.2, -0.15) is 0 Å². The molecule has 0 saturated heterocycles. The Morgan fingerprint density at radius 3 is 2.54 bits per heavy atom. The molecule has 0 aromatic heterocycles. The Morgan fingerprint density at radius 1 is 1.38 bits per heavy atom. The van der Waals surface area contributed by atoms with Crippen molar-refractivity contribution in [3.8, 4) is 5.75 Å². The molecule has 0 aliphatic rings.